The molecule has 0 unspecified atom stereocenters. The van der Waals surface area contributed by atoms with Gasteiger partial charge in [0.05, 0.1) is 0 Å². The van der Waals surface area contributed by atoms with Crippen molar-refractivity contribution in [2.24, 2.45) is 0 Å². The molecule has 0 aromatic heterocycles. The molecule has 0 aliphatic heterocycles. The topological polar surface area (TPSA) is 20.2 Å². The van der Waals surface area contributed by atoms with E-state index in [9.17, 15) is 5.11 Å². The van der Waals surface area contributed by atoms with Gasteiger partial charge in [-0.2, -0.15) is 0 Å². The zero-order chi connectivity index (χ0) is 14.7. The smallest absolute Gasteiger partial charge is 0.146 e. The van der Waals surface area contributed by atoms with Gasteiger partial charge in [0, 0.05) is 0 Å². The summed E-state index contributed by atoms with van der Waals surface area (Å²) in [6.07, 6.45) is 5.26. The van der Waals surface area contributed by atoms with Crippen LogP contribution in [0.5, 0.6) is 0 Å². The summed E-state index contributed by atoms with van der Waals surface area (Å²) in [5.74, 6) is 3.35. The summed E-state index contributed by atoms with van der Waals surface area (Å²) in [6, 6.07) is 0. The largest absolute Gasteiger partial charge is 0.378 e. The zero-order valence-electron chi connectivity index (χ0n) is 13.7. The highest BCUT2D eigenvalue weighted by Crippen LogP contribution is 2.41. The van der Waals surface area contributed by atoms with Crippen molar-refractivity contribution < 1.29 is 5.11 Å². The van der Waals surface area contributed by atoms with Crippen LogP contribution in [0, 0.1) is 11.5 Å². The van der Waals surface area contributed by atoms with Crippen LogP contribution in [0.3, 0.4) is 0 Å². The Bertz CT molecular complexity index is 318. The van der Waals surface area contributed by atoms with E-state index in [0.717, 1.165) is 25.7 Å². The van der Waals surface area contributed by atoms with Crippen molar-refractivity contribution in [2.45, 2.75) is 95.9 Å². The molecule has 2 heteroatoms. The maximum atomic E-state index is 10.6. The predicted molar refractivity (Wildman–Crippen MR) is 86.9 cm³/mol. The molecule has 1 rings (SSSR count). The van der Waals surface area contributed by atoms with Crippen molar-refractivity contribution in [3.8, 4) is 11.5 Å². The van der Waals surface area contributed by atoms with Crippen molar-refractivity contribution in [2.75, 3.05) is 0 Å². The van der Waals surface area contributed by atoms with Gasteiger partial charge >= 0.3 is 0 Å². The van der Waals surface area contributed by atoms with Gasteiger partial charge in [-0.3, -0.25) is 0 Å². The average Bonchev–Trinajstić information content (AvgIpc) is 2.29. The lowest BCUT2D eigenvalue weighted by molar-refractivity contribution is 0.0610. The third-order valence-corrected chi connectivity index (χ3v) is 11.3. The second-order valence-corrected chi connectivity index (χ2v) is 12.8. The molecule has 1 nitrogen and oxygen atoms in total. The molecule has 0 saturated heterocycles. The molecule has 0 spiro atoms. The molecule has 110 valence electrons. The molecule has 0 aromatic carbocycles. The fourth-order valence-electron chi connectivity index (χ4n) is 3.92. The summed E-state index contributed by atoms with van der Waals surface area (Å²) < 4.78 is 0. The van der Waals surface area contributed by atoms with Crippen LogP contribution in [0.15, 0.2) is 0 Å². The maximum Gasteiger partial charge on any atom is 0.146 e. The minimum Gasteiger partial charge on any atom is -0.378 e. The van der Waals surface area contributed by atoms with Crippen LogP contribution in [0.1, 0.15) is 73.6 Å². The summed E-state index contributed by atoms with van der Waals surface area (Å²) in [5, 5.41) is 10.6. The summed E-state index contributed by atoms with van der Waals surface area (Å²) in [6.45, 7) is 14.0. The van der Waals surface area contributed by atoms with Crippen LogP contribution >= 0.6 is 0 Å². The molecule has 0 radical (unpaired) electrons. The first kappa shape index (κ1) is 16.8. The van der Waals surface area contributed by atoms with E-state index in [0.29, 0.717) is 16.6 Å². The first-order chi connectivity index (χ1) is 8.74. The van der Waals surface area contributed by atoms with E-state index in [-0.39, 0.29) is 0 Å². The Kier molecular flexibility index (Phi) is 5.71. The second kappa shape index (κ2) is 6.46. The maximum absolute atomic E-state index is 10.6. The van der Waals surface area contributed by atoms with E-state index >= 15 is 0 Å². The standard InChI is InChI=1S/C17H32OSi/c1-14(2)19(15(3)4,16(5)6)13-12-17(18)10-8-7-9-11-17/h14-16,18H,7-11H2,1-6H3. The van der Waals surface area contributed by atoms with E-state index in [2.05, 4.69) is 53.0 Å². The summed E-state index contributed by atoms with van der Waals surface area (Å²) in [5.41, 5.74) is 4.93. The van der Waals surface area contributed by atoms with E-state index in [1.165, 1.54) is 6.42 Å². The Morgan fingerprint density at radius 3 is 1.63 bits per heavy atom. The molecule has 0 aromatic rings. The van der Waals surface area contributed by atoms with Gasteiger partial charge in [-0.05, 0) is 42.3 Å². The zero-order valence-corrected chi connectivity index (χ0v) is 14.7. The molecule has 0 heterocycles. The SMILES string of the molecule is CC(C)[Si](C#CC1(O)CCCCC1)(C(C)C)C(C)C. The molecule has 1 saturated carbocycles. The fraction of sp³-hybridized carbons (Fsp3) is 0.882. The van der Waals surface area contributed by atoms with Crippen LogP contribution in [0.2, 0.25) is 16.6 Å². The first-order valence-electron chi connectivity index (χ1n) is 8.01. The molecule has 0 atom stereocenters. The minimum absolute atomic E-state index is 0.646. The Balaban J connectivity index is 3.08. The highest BCUT2D eigenvalue weighted by Gasteiger charge is 2.42. The highest BCUT2D eigenvalue weighted by atomic mass is 28.3. The highest BCUT2D eigenvalue weighted by molar-refractivity contribution is 6.90. The third-order valence-electron chi connectivity index (χ3n) is 5.06. The molecular weight excluding hydrogens is 248 g/mol. The summed E-state index contributed by atoms with van der Waals surface area (Å²) >= 11 is 0. The van der Waals surface area contributed by atoms with E-state index < -0.39 is 13.7 Å². The fourth-order valence-corrected chi connectivity index (χ4v) is 9.23. The number of hydrogen-bond donors (Lipinski definition) is 1. The van der Waals surface area contributed by atoms with Gasteiger partial charge < -0.3 is 5.11 Å². The molecule has 1 aliphatic rings. The Labute approximate surface area is 121 Å². The second-order valence-electron chi connectivity index (χ2n) is 7.24. The van der Waals surface area contributed by atoms with E-state index in [1.807, 2.05) is 0 Å². The van der Waals surface area contributed by atoms with Crippen LogP contribution in [0.25, 0.3) is 0 Å². The predicted octanol–water partition coefficient (Wildman–Crippen LogP) is 4.90. The normalized spacial score (nSPS) is 19.7. The van der Waals surface area contributed by atoms with Crippen molar-refractivity contribution in [1.29, 1.82) is 0 Å². The van der Waals surface area contributed by atoms with Gasteiger partial charge in [0.1, 0.15) is 13.7 Å². The molecule has 1 fully saturated rings. The quantitative estimate of drug-likeness (QED) is 0.575. The molecule has 19 heavy (non-hydrogen) atoms. The van der Waals surface area contributed by atoms with Crippen LogP contribution in [-0.2, 0) is 0 Å². The van der Waals surface area contributed by atoms with Gasteiger partial charge in [0.2, 0.25) is 0 Å². The van der Waals surface area contributed by atoms with E-state index in [1.54, 1.807) is 0 Å². The molecule has 0 bridgehead atoms. The van der Waals surface area contributed by atoms with Crippen LogP contribution in [-0.4, -0.2) is 18.8 Å². The Morgan fingerprint density at radius 2 is 1.26 bits per heavy atom. The minimum atomic E-state index is -1.68. The van der Waals surface area contributed by atoms with Gasteiger partial charge in [0.15, 0.2) is 0 Å². The van der Waals surface area contributed by atoms with Crippen LogP contribution < -0.4 is 0 Å². The van der Waals surface area contributed by atoms with Gasteiger partial charge in [0.25, 0.3) is 0 Å². The number of aliphatic hydroxyl groups is 1. The molecule has 1 N–H and O–H groups in total. The molecule has 0 amide bonds. The van der Waals surface area contributed by atoms with Gasteiger partial charge in [-0.1, -0.05) is 53.9 Å². The van der Waals surface area contributed by atoms with Crippen molar-refractivity contribution in [3.63, 3.8) is 0 Å². The first-order valence-corrected chi connectivity index (χ1v) is 10.2. The average molecular weight is 281 g/mol. The lowest BCUT2D eigenvalue weighted by Gasteiger charge is -2.38. The lowest BCUT2D eigenvalue weighted by atomic mass is 9.86. The number of rotatable bonds is 3. The van der Waals surface area contributed by atoms with Gasteiger partial charge in [-0.25, -0.2) is 0 Å². The summed E-state index contributed by atoms with van der Waals surface area (Å²) in [4.78, 5) is 0. The van der Waals surface area contributed by atoms with E-state index in [4.69, 9.17) is 0 Å². The van der Waals surface area contributed by atoms with Crippen LogP contribution in [0.4, 0.5) is 0 Å². The molecule has 1 aliphatic carbocycles. The Morgan fingerprint density at radius 1 is 0.842 bits per heavy atom. The van der Waals surface area contributed by atoms with Crippen molar-refractivity contribution >= 4 is 8.07 Å². The van der Waals surface area contributed by atoms with Crippen molar-refractivity contribution in [3.05, 3.63) is 0 Å². The third kappa shape index (κ3) is 3.64. The summed E-state index contributed by atoms with van der Waals surface area (Å²) in [7, 11) is -1.68. The monoisotopic (exact) mass is 280 g/mol. The van der Waals surface area contributed by atoms with Crippen molar-refractivity contribution in [1.82, 2.24) is 0 Å². The molecular formula is C17H32OSi. The lowest BCUT2D eigenvalue weighted by Crippen LogP contribution is -2.44. The Hall–Kier alpha value is -0.263. The van der Waals surface area contributed by atoms with Gasteiger partial charge in [-0.15, -0.1) is 5.54 Å². The number of hydrogen-bond acceptors (Lipinski definition) is 1.